The van der Waals surface area contributed by atoms with Gasteiger partial charge >= 0.3 is 0 Å². The summed E-state index contributed by atoms with van der Waals surface area (Å²) in [6, 6.07) is 4.91. The van der Waals surface area contributed by atoms with Crippen molar-refractivity contribution in [1.29, 1.82) is 0 Å². The van der Waals surface area contributed by atoms with Crippen molar-refractivity contribution < 1.29 is 9.13 Å². The van der Waals surface area contributed by atoms with Gasteiger partial charge in [-0.15, -0.1) is 11.3 Å². The number of hydrogen-bond donors (Lipinski definition) is 1. The summed E-state index contributed by atoms with van der Waals surface area (Å²) < 4.78 is 21.7. The van der Waals surface area contributed by atoms with Gasteiger partial charge in [-0.25, -0.2) is 4.39 Å². The number of thiazole rings is 1. The molecule has 3 aromatic rings. The van der Waals surface area contributed by atoms with Crippen LogP contribution in [0.25, 0.3) is 4.96 Å². The molecule has 7 heteroatoms. The molecule has 0 fully saturated rings. The first-order valence-corrected chi connectivity index (χ1v) is 7.53. The van der Waals surface area contributed by atoms with Crippen LogP contribution in [0, 0.1) is 5.82 Å². The van der Waals surface area contributed by atoms with E-state index in [2.05, 4.69) is 26.2 Å². The Labute approximate surface area is 127 Å². The van der Waals surface area contributed by atoms with Crippen LogP contribution in [-0.4, -0.2) is 16.5 Å². The molecule has 2 heterocycles. The Bertz CT molecular complexity index is 755. The van der Waals surface area contributed by atoms with E-state index in [-0.39, 0.29) is 5.82 Å². The summed E-state index contributed by atoms with van der Waals surface area (Å²) in [5.41, 5.74) is 1.31. The highest BCUT2D eigenvalue weighted by Crippen LogP contribution is 2.25. The maximum Gasteiger partial charge on any atom is 0.238 e. The van der Waals surface area contributed by atoms with Gasteiger partial charge in [0, 0.05) is 16.0 Å². The Hall–Kier alpha value is -1.60. The molecular weight excluding hydrogens is 345 g/mol. The van der Waals surface area contributed by atoms with Crippen molar-refractivity contribution >= 4 is 37.9 Å². The zero-order valence-corrected chi connectivity index (χ0v) is 13.0. The number of halogens is 2. The molecule has 0 radical (unpaired) electrons. The second-order valence-electron chi connectivity index (χ2n) is 4.10. The van der Waals surface area contributed by atoms with Crippen LogP contribution < -0.4 is 10.1 Å². The van der Waals surface area contributed by atoms with Gasteiger partial charge in [-0.3, -0.25) is 4.40 Å². The topological polar surface area (TPSA) is 38.6 Å². The first-order valence-electron chi connectivity index (χ1n) is 5.86. The van der Waals surface area contributed by atoms with Crippen LogP contribution in [0.4, 0.5) is 10.1 Å². The average Bonchev–Trinajstić information content (AvgIpc) is 2.98. The summed E-state index contributed by atoms with van der Waals surface area (Å²) >= 11 is 4.76. The second-order valence-corrected chi connectivity index (χ2v) is 5.89. The number of ether oxygens (including phenoxy) is 1. The van der Waals surface area contributed by atoms with Crippen LogP contribution in [0.5, 0.6) is 5.88 Å². The number of nitrogens with zero attached hydrogens (tertiary/aromatic N) is 2. The van der Waals surface area contributed by atoms with Crippen molar-refractivity contribution in [1.82, 2.24) is 9.38 Å². The van der Waals surface area contributed by atoms with E-state index in [1.54, 1.807) is 19.2 Å². The van der Waals surface area contributed by atoms with Gasteiger partial charge in [0.2, 0.25) is 5.88 Å². The smallest absolute Gasteiger partial charge is 0.238 e. The van der Waals surface area contributed by atoms with E-state index in [1.165, 1.54) is 17.4 Å². The third-order valence-corrected chi connectivity index (χ3v) is 4.14. The molecule has 0 bridgehead atoms. The Balaban J connectivity index is 1.87. The summed E-state index contributed by atoms with van der Waals surface area (Å²) in [5.74, 6) is 0.256. The quantitative estimate of drug-likeness (QED) is 0.770. The van der Waals surface area contributed by atoms with Crippen molar-refractivity contribution in [3.05, 3.63) is 45.8 Å². The molecule has 20 heavy (non-hydrogen) atoms. The lowest BCUT2D eigenvalue weighted by molar-refractivity contribution is 0.395. The van der Waals surface area contributed by atoms with Crippen LogP contribution >= 0.6 is 27.3 Å². The predicted molar refractivity (Wildman–Crippen MR) is 81.0 cm³/mol. The van der Waals surface area contributed by atoms with Crippen molar-refractivity contribution in [3.63, 3.8) is 0 Å². The fraction of sp³-hybridized carbons (Fsp3) is 0.154. The van der Waals surface area contributed by atoms with Crippen molar-refractivity contribution in [2.24, 2.45) is 0 Å². The molecule has 2 aromatic heterocycles. The number of imidazole rings is 1. The largest absolute Gasteiger partial charge is 0.480 e. The number of aromatic nitrogens is 2. The lowest BCUT2D eigenvalue weighted by Crippen LogP contribution is -2.05. The third-order valence-electron chi connectivity index (χ3n) is 2.90. The summed E-state index contributed by atoms with van der Waals surface area (Å²) in [4.78, 5) is 5.21. The molecule has 0 aliphatic carbocycles. The molecule has 0 aliphatic heterocycles. The minimum absolute atomic E-state index is 0.301. The average molecular weight is 356 g/mol. The lowest BCUT2D eigenvalue weighted by atomic mass is 10.3. The minimum Gasteiger partial charge on any atom is -0.480 e. The first-order chi connectivity index (χ1) is 9.69. The van der Waals surface area contributed by atoms with Crippen LogP contribution in [-0.2, 0) is 6.54 Å². The fourth-order valence-electron chi connectivity index (χ4n) is 1.95. The monoisotopic (exact) mass is 355 g/mol. The van der Waals surface area contributed by atoms with Gasteiger partial charge in [-0.1, -0.05) is 15.9 Å². The van der Waals surface area contributed by atoms with E-state index < -0.39 is 0 Å². The number of methoxy groups -OCH3 is 1. The number of rotatable bonds is 4. The molecule has 3 rings (SSSR count). The summed E-state index contributed by atoms with van der Waals surface area (Å²) in [5, 5.41) is 5.02. The van der Waals surface area contributed by atoms with Crippen LogP contribution in [0.1, 0.15) is 5.69 Å². The van der Waals surface area contributed by atoms with Gasteiger partial charge in [-0.2, -0.15) is 4.98 Å². The number of anilines is 1. The van der Waals surface area contributed by atoms with E-state index in [1.807, 2.05) is 16.0 Å². The summed E-state index contributed by atoms with van der Waals surface area (Å²) in [6.07, 6.45) is 1.92. The van der Waals surface area contributed by atoms with Gasteiger partial charge in [0.1, 0.15) is 11.5 Å². The SMILES string of the molecule is COc1nc2sccn2c1CNc1ccc(Br)cc1F. The number of benzene rings is 1. The Morgan fingerprint density at radius 1 is 1.50 bits per heavy atom. The summed E-state index contributed by atoms with van der Waals surface area (Å²) in [7, 11) is 1.58. The van der Waals surface area contributed by atoms with Crippen molar-refractivity contribution in [2.45, 2.75) is 6.54 Å². The second kappa shape index (κ2) is 5.41. The predicted octanol–water partition coefficient (Wildman–Crippen LogP) is 3.92. The Kier molecular flexibility index (Phi) is 3.62. The molecule has 1 aromatic carbocycles. The molecule has 4 nitrogen and oxygen atoms in total. The van der Waals surface area contributed by atoms with Gasteiger partial charge in [-0.05, 0) is 18.2 Å². The fourth-order valence-corrected chi connectivity index (χ4v) is 3.01. The van der Waals surface area contributed by atoms with Crippen LogP contribution in [0.15, 0.2) is 34.2 Å². The maximum atomic E-state index is 13.8. The van der Waals surface area contributed by atoms with E-state index >= 15 is 0 Å². The highest BCUT2D eigenvalue weighted by atomic mass is 79.9. The molecule has 1 N–H and O–H groups in total. The van der Waals surface area contributed by atoms with Gasteiger partial charge in [0.05, 0.1) is 19.3 Å². The molecule has 104 valence electrons. The summed E-state index contributed by atoms with van der Waals surface area (Å²) in [6.45, 7) is 0.430. The van der Waals surface area contributed by atoms with E-state index in [4.69, 9.17) is 4.74 Å². The highest BCUT2D eigenvalue weighted by Gasteiger charge is 2.14. The van der Waals surface area contributed by atoms with Crippen molar-refractivity contribution in [2.75, 3.05) is 12.4 Å². The molecule has 0 unspecified atom stereocenters. The highest BCUT2D eigenvalue weighted by molar-refractivity contribution is 9.10. The number of nitrogens with one attached hydrogen (secondary N) is 1. The molecule has 0 aliphatic rings. The number of hydrogen-bond acceptors (Lipinski definition) is 4. The maximum absolute atomic E-state index is 13.8. The molecule has 0 saturated heterocycles. The van der Waals surface area contributed by atoms with Crippen molar-refractivity contribution in [3.8, 4) is 5.88 Å². The minimum atomic E-state index is -0.301. The zero-order valence-electron chi connectivity index (χ0n) is 10.6. The number of fused-ring (bicyclic) bond motifs is 1. The van der Waals surface area contributed by atoms with Gasteiger partial charge < -0.3 is 10.1 Å². The normalized spacial score (nSPS) is 10.9. The van der Waals surface area contributed by atoms with E-state index in [9.17, 15) is 4.39 Å². The third kappa shape index (κ3) is 2.38. The molecule has 0 saturated carbocycles. The van der Waals surface area contributed by atoms with E-state index in [0.717, 1.165) is 10.7 Å². The Morgan fingerprint density at radius 3 is 3.10 bits per heavy atom. The lowest BCUT2D eigenvalue weighted by Gasteiger charge is -2.08. The zero-order chi connectivity index (χ0) is 14.1. The van der Waals surface area contributed by atoms with Crippen LogP contribution in [0.2, 0.25) is 0 Å². The molecule has 0 spiro atoms. The van der Waals surface area contributed by atoms with E-state index in [0.29, 0.717) is 22.6 Å². The van der Waals surface area contributed by atoms with Crippen LogP contribution in [0.3, 0.4) is 0 Å². The molecular formula is C13H11BrFN3OS. The standard InChI is InChI=1S/C13H11BrFN3OS/c1-19-12-11(18-4-5-20-13(18)17-12)7-16-10-3-2-8(14)6-9(10)15/h2-6,16H,7H2,1H3. The Morgan fingerprint density at radius 2 is 2.35 bits per heavy atom. The molecule has 0 atom stereocenters. The van der Waals surface area contributed by atoms with Gasteiger partial charge in [0.25, 0.3) is 0 Å². The first kappa shape index (κ1) is 13.4. The molecule has 0 amide bonds. The van der Waals surface area contributed by atoms with Gasteiger partial charge in [0.15, 0.2) is 4.96 Å².